The summed E-state index contributed by atoms with van der Waals surface area (Å²) in [6, 6.07) is 6.79. The first-order chi connectivity index (χ1) is 12.1. The minimum atomic E-state index is -0.150. The number of carbonyl (C=O) groups excluding carboxylic acids is 1. The molecule has 1 saturated heterocycles. The van der Waals surface area contributed by atoms with Crippen LogP contribution in [0.25, 0.3) is 0 Å². The lowest BCUT2D eigenvalue weighted by atomic mass is 10.1. The molecule has 1 aromatic carbocycles. The van der Waals surface area contributed by atoms with E-state index in [9.17, 15) is 4.79 Å². The second-order valence-corrected chi connectivity index (χ2v) is 6.48. The van der Waals surface area contributed by atoms with E-state index < -0.39 is 0 Å². The number of carbonyl (C=O) groups is 1. The van der Waals surface area contributed by atoms with Crippen molar-refractivity contribution in [2.75, 3.05) is 20.2 Å². The van der Waals surface area contributed by atoms with Gasteiger partial charge in [0.15, 0.2) is 0 Å². The second-order valence-electron chi connectivity index (χ2n) is 5.64. The first-order valence-corrected chi connectivity index (χ1v) is 8.60. The minimum absolute atomic E-state index is 0.129. The molecule has 1 atom stereocenters. The quantitative estimate of drug-likeness (QED) is 0.810. The summed E-state index contributed by atoms with van der Waals surface area (Å²) in [6.45, 7) is 1.12. The van der Waals surface area contributed by atoms with Crippen LogP contribution >= 0.6 is 23.2 Å². The van der Waals surface area contributed by atoms with Crippen molar-refractivity contribution in [1.29, 1.82) is 0 Å². The molecule has 1 aromatic heterocycles. The highest BCUT2D eigenvalue weighted by atomic mass is 35.5. The van der Waals surface area contributed by atoms with E-state index in [-0.39, 0.29) is 18.0 Å². The minimum Gasteiger partial charge on any atom is -0.472 e. The molecule has 2 heterocycles. The Bertz CT molecular complexity index is 773. The van der Waals surface area contributed by atoms with Crippen molar-refractivity contribution >= 4 is 29.1 Å². The van der Waals surface area contributed by atoms with E-state index in [1.54, 1.807) is 35.4 Å². The third-order valence-corrected chi connectivity index (χ3v) is 4.45. The summed E-state index contributed by atoms with van der Waals surface area (Å²) in [5, 5.41) is 0.847. The highest BCUT2D eigenvalue weighted by Gasteiger charge is 2.27. The standard InChI is InChI=1S/C17H17Cl2N3O3/c1-24-17-20-7-6-15(21-17)25-12-3-2-8-22(10-12)16(23)13-5-4-11(18)9-14(13)19/h4-7,9,12H,2-3,8,10H2,1H3. The van der Waals surface area contributed by atoms with E-state index in [0.717, 1.165) is 12.8 Å². The van der Waals surface area contributed by atoms with E-state index in [0.29, 0.717) is 34.6 Å². The summed E-state index contributed by atoms with van der Waals surface area (Å²) >= 11 is 12.0. The third kappa shape index (κ3) is 4.32. The van der Waals surface area contributed by atoms with Gasteiger partial charge in [-0.25, -0.2) is 4.98 Å². The highest BCUT2D eigenvalue weighted by molar-refractivity contribution is 6.36. The van der Waals surface area contributed by atoms with Crippen LogP contribution in [0, 0.1) is 0 Å². The first kappa shape index (κ1) is 17.8. The molecule has 0 radical (unpaired) electrons. The molecule has 6 nitrogen and oxygen atoms in total. The topological polar surface area (TPSA) is 64.6 Å². The maximum Gasteiger partial charge on any atom is 0.319 e. The predicted molar refractivity (Wildman–Crippen MR) is 94.6 cm³/mol. The van der Waals surface area contributed by atoms with Crippen molar-refractivity contribution in [3.8, 4) is 11.9 Å². The smallest absolute Gasteiger partial charge is 0.319 e. The van der Waals surface area contributed by atoms with Crippen molar-refractivity contribution in [1.82, 2.24) is 14.9 Å². The van der Waals surface area contributed by atoms with Gasteiger partial charge in [0.1, 0.15) is 6.10 Å². The molecule has 132 valence electrons. The molecule has 8 heteroatoms. The van der Waals surface area contributed by atoms with Crippen molar-refractivity contribution in [2.24, 2.45) is 0 Å². The lowest BCUT2D eigenvalue weighted by Gasteiger charge is -2.32. The predicted octanol–water partition coefficient (Wildman–Crippen LogP) is 3.48. The molecule has 0 spiro atoms. The van der Waals surface area contributed by atoms with E-state index in [1.807, 2.05) is 0 Å². The second kappa shape index (κ2) is 7.89. The zero-order chi connectivity index (χ0) is 17.8. The number of halogens is 2. The van der Waals surface area contributed by atoms with Crippen molar-refractivity contribution < 1.29 is 14.3 Å². The van der Waals surface area contributed by atoms with Crippen LogP contribution in [0.3, 0.4) is 0 Å². The summed E-state index contributed by atoms with van der Waals surface area (Å²) in [5.74, 6) is 0.297. The van der Waals surface area contributed by atoms with Gasteiger partial charge in [-0.05, 0) is 31.0 Å². The van der Waals surface area contributed by atoms with Crippen LogP contribution in [0.2, 0.25) is 10.0 Å². The highest BCUT2D eigenvalue weighted by Crippen LogP contribution is 2.24. The fraction of sp³-hybridized carbons (Fsp3) is 0.353. The molecule has 1 aliphatic heterocycles. The van der Waals surface area contributed by atoms with Gasteiger partial charge in [-0.15, -0.1) is 0 Å². The molecular weight excluding hydrogens is 365 g/mol. The van der Waals surface area contributed by atoms with Gasteiger partial charge in [-0.2, -0.15) is 4.98 Å². The van der Waals surface area contributed by atoms with Crippen LogP contribution in [-0.4, -0.2) is 47.1 Å². The zero-order valence-corrected chi connectivity index (χ0v) is 15.1. The largest absolute Gasteiger partial charge is 0.472 e. The number of ether oxygens (including phenoxy) is 2. The molecule has 25 heavy (non-hydrogen) atoms. The van der Waals surface area contributed by atoms with Gasteiger partial charge in [0.05, 0.1) is 24.2 Å². The number of aromatic nitrogens is 2. The van der Waals surface area contributed by atoms with Gasteiger partial charge in [-0.1, -0.05) is 23.2 Å². The molecular formula is C17H17Cl2N3O3. The number of benzene rings is 1. The fourth-order valence-corrected chi connectivity index (χ4v) is 3.20. The molecule has 0 aliphatic carbocycles. The van der Waals surface area contributed by atoms with E-state index >= 15 is 0 Å². The molecule has 0 saturated carbocycles. The Balaban J connectivity index is 1.69. The van der Waals surface area contributed by atoms with Crippen LogP contribution in [0.15, 0.2) is 30.5 Å². The Kier molecular flexibility index (Phi) is 5.60. The molecule has 1 aliphatic rings. The van der Waals surface area contributed by atoms with E-state index in [4.69, 9.17) is 32.7 Å². The Morgan fingerprint density at radius 3 is 2.92 bits per heavy atom. The van der Waals surface area contributed by atoms with Gasteiger partial charge in [0.2, 0.25) is 5.88 Å². The summed E-state index contributed by atoms with van der Waals surface area (Å²) in [4.78, 5) is 22.6. The number of hydrogen-bond acceptors (Lipinski definition) is 5. The molecule has 1 fully saturated rings. The van der Waals surface area contributed by atoms with Crippen LogP contribution < -0.4 is 9.47 Å². The molecule has 3 rings (SSSR count). The number of methoxy groups -OCH3 is 1. The number of amides is 1. The molecule has 1 unspecified atom stereocenters. The average Bonchev–Trinajstić information content (AvgIpc) is 2.61. The fourth-order valence-electron chi connectivity index (χ4n) is 2.71. The monoisotopic (exact) mass is 381 g/mol. The number of likely N-dealkylation sites (tertiary alicyclic amines) is 1. The average molecular weight is 382 g/mol. The molecule has 1 amide bonds. The van der Waals surface area contributed by atoms with Crippen LogP contribution in [-0.2, 0) is 0 Å². The van der Waals surface area contributed by atoms with Crippen LogP contribution in [0.5, 0.6) is 11.9 Å². The zero-order valence-electron chi connectivity index (χ0n) is 13.6. The van der Waals surface area contributed by atoms with Gasteiger partial charge in [0, 0.05) is 23.8 Å². The Morgan fingerprint density at radius 2 is 2.16 bits per heavy atom. The van der Waals surface area contributed by atoms with E-state index in [1.165, 1.54) is 7.11 Å². The van der Waals surface area contributed by atoms with Gasteiger partial charge in [-0.3, -0.25) is 4.79 Å². The normalized spacial score (nSPS) is 17.2. The lowest BCUT2D eigenvalue weighted by Crippen LogP contribution is -2.44. The number of rotatable bonds is 4. The third-order valence-electron chi connectivity index (χ3n) is 3.90. The Labute approximate surface area is 155 Å². The van der Waals surface area contributed by atoms with Crippen molar-refractivity contribution in [3.05, 3.63) is 46.1 Å². The van der Waals surface area contributed by atoms with E-state index in [2.05, 4.69) is 9.97 Å². The maximum atomic E-state index is 12.7. The number of piperidine rings is 1. The maximum absolute atomic E-state index is 12.7. The molecule has 0 N–H and O–H groups in total. The lowest BCUT2D eigenvalue weighted by molar-refractivity contribution is 0.0526. The molecule has 0 bridgehead atoms. The van der Waals surface area contributed by atoms with Gasteiger partial charge < -0.3 is 14.4 Å². The first-order valence-electron chi connectivity index (χ1n) is 7.85. The SMILES string of the molecule is COc1nccc(OC2CCCN(C(=O)c3ccc(Cl)cc3Cl)C2)n1. The summed E-state index contributed by atoms with van der Waals surface area (Å²) in [7, 11) is 1.50. The summed E-state index contributed by atoms with van der Waals surface area (Å²) in [6.07, 6.45) is 3.10. The summed E-state index contributed by atoms with van der Waals surface area (Å²) in [5.41, 5.74) is 0.440. The Hall–Kier alpha value is -2.05. The van der Waals surface area contributed by atoms with Crippen LogP contribution in [0.4, 0.5) is 0 Å². The van der Waals surface area contributed by atoms with Gasteiger partial charge in [0.25, 0.3) is 5.91 Å². The molecule has 2 aromatic rings. The van der Waals surface area contributed by atoms with Gasteiger partial charge >= 0.3 is 6.01 Å². The number of nitrogens with zero attached hydrogens (tertiary/aromatic N) is 3. The Morgan fingerprint density at radius 1 is 1.32 bits per heavy atom. The van der Waals surface area contributed by atoms with Crippen molar-refractivity contribution in [2.45, 2.75) is 18.9 Å². The summed E-state index contributed by atoms with van der Waals surface area (Å²) < 4.78 is 10.9. The van der Waals surface area contributed by atoms with Crippen molar-refractivity contribution in [3.63, 3.8) is 0 Å². The van der Waals surface area contributed by atoms with Crippen LogP contribution in [0.1, 0.15) is 23.2 Å². The number of hydrogen-bond donors (Lipinski definition) is 0.